The van der Waals surface area contributed by atoms with Gasteiger partial charge in [0.1, 0.15) is 17.6 Å². The molecule has 142 valence electrons. The second kappa shape index (κ2) is 12.7. The first-order chi connectivity index (χ1) is 12.2. The van der Waals surface area contributed by atoms with E-state index in [0.717, 1.165) is 19.5 Å². The van der Waals surface area contributed by atoms with Crippen molar-refractivity contribution >= 4 is 17.7 Å². The Morgan fingerprint density at radius 1 is 1.24 bits per heavy atom. The number of aliphatic hydroxyl groups excluding tert-OH is 1. The van der Waals surface area contributed by atoms with E-state index in [4.69, 9.17) is 9.47 Å². The van der Waals surface area contributed by atoms with E-state index < -0.39 is 6.10 Å². The smallest absolute Gasteiger partial charge is 0.191 e. The molecule has 7 heteroatoms. The molecule has 1 rings (SSSR count). The van der Waals surface area contributed by atoms with Crippen LogP contribution in [-0.2, 0) is 0 Å². The van der Waals surface area contributed by atoms with Crippen LogP contribution in [-0.4, -0.2) is 56.9 Å². The monoisotopic (exact) mass is 369 g/mol. The van der Waals surface area contributed by atoms with Crippen LogP contribution in [0.1, 0.15) is 31.4 Å². The highest BCUT2D eigenvalue weighted by Crippen LogP contribution is 2.29. The summed E-state index contributed by atoms with van der Waals surface area (Å²) in [5.41, 5.74) is 0.668. The molecule has 0 heterocycles. The molecule has 0 aromatic heterocycles. The Hall–Kier alpha value is -1.60. The van der Waals surface area contributed by atoms with E-state index in [9.17, 15) is 5.11 Å². The van der Waals surface area contributed by atoms with Gasteiger partial charge in [-0.2, -0.15) is 11.8 Å². The molecule has 0 fully saturated rings. The van der Waals surface area contributed by atoms with Gasteiger partial charge in [-0.05, 0) is 50.0 Å². The number of benzene rings is 1. The summed E-state index contributed by atoms with van der Waals surface area (Å²) in [6.45, 7) is 3.90. The quantitative estimate of drug-likeness (QED) is 0.316. The molecule has 25 heavy (non-hydrogen) atoms. The van der Waals surface area contributed by atoms with Crippen molar-refractivity contribution in [2.45, 2.75) is 25.9 Å². The largest absolute Gasteiger partial charge is 0.497 e. The van der Waals surface area contributed by atoms with Crippen molar-refractivity contribution in [2.75, 3.05) is 45.9 Å². The second-order valence-corrected chi connectivity index (χ2v) is 6.46. The summed E-state index contributed by atoms with van der Waals surface area (Å²) in [6.07, 6.45) is 3.62. The summed E-state index contributed by atoms with van der Waals surface area (Å²) in [6, 6.07) is 5.37. The predicted molar refractivity (Wildman–Crippen MR) is 106 cm³/mol. The number of nitrogens with zero attached hydrogens (tertiary/aromatic N) is 1. The number of ether oxygens (including phenoxy) is 2. The minimum atomic E-state index is -0.767. The van der Waals surface area contributed by atoms with E-state index in [1.54, 1.807) is 32.4 Å². The van der Waals surface area contributed by atoms with Gasteiger partial charge in [-0.1, -0.05) is 0 Å². The third kappa shape index (κ3) is 7.88. The summed E-state index contributed by atoms with van der Waals surface area (Å²) in [4.78, 5) is 4.48. The zero-order valence-electron chi connectivity index (χ0n) is 15.7. The van der Waals surface area contributed by atoms with Crippen LogP contribution in [0.2, 0.25) is 0 Å². The highest BCUT2D eigenvalue weighted by Gasteiger charge is 2.14. The van der Waals surface area contributed by atoms with Crippen molar-refractivity contribution in [2.24, 2.45) is 4.99 Å². The molecule has 1 unspecified atom stereocenters. The normalized spacial score (nSPS) is 12.6. The molecular formula is C18H31N3O3S. The van der Waals surface area contributed by atoms with Gasteiger partial charge in [0.25, 0.3) is 0 Å². The van der Waals surface area contributed by atoms with Crippen LogP contribution in [0, 0.1) is 0 Å². The van der Waals surface area contributed by atoms with Crippen molar-refractivity contribution in [3.05, 3.63) is 23.8 Å². The lowest BCUT2D eigenvalue weighted by Crippen LogP contribution is -2.38. The minimum Gasteiger partial charge on any atom is -0.497 e. The van der Waals surface area contributed by atoms with Gasteiger partial charge in [-0.25, -0.2) is 0 Å². The fourth-order valence-corrected chi connectivity index (χ4v) is 2.79. The summed E-state index contributed by atoms with van der Waals surface area (Å²) in [5, 5.41) is 17.0. The Morgan fingerprint density at radius 3 is 2.68 bits per heavy atom. The van der Waals surface area contributed by atoms with Gasteiger partial charge in [0.15, 0.2) is 5.96 Å². The van der Waals surface area contributed by atoms with Crippen LogP contribution in [0.15, 0.2) is 23.2 Å². The molecule has 1 atom stereocenters. The van der Waals surface area contributed by atoms with Crippen LogP contribution in [0.3, 0.4) is 0 Å². The number of aliphatic imine (C=N–C) groups is 1. The predicted octanol–water partition coefficient (Wildman–Crippen LogP) is 2.44. The van der Waals surface area contributed by atoms with Gasteiger partial charge >= 0.3 is 0 Å². The molecule has 0 saturated heterocycles. The lowest BCUT2D eigenvalue weighted by atomic mass is 10.1. The molecule has 3 N–H and O–H groups in total. The second-order valence-electron chi connectivity index (χ2n) is 5.47. The van der Waals surface area contributed by atoms with Crippen molar-refractivity contribution in [3.8, 4) is 11.5 Å². The molecule has 1 aromatic carbocycles. The average Bonchev–Trinajstić information content (AvgIpc) is 2.64. The first-order valence-corrected chi connectivity index (χ1v) is 9.96. The van der Waals surface area contributed by atoms with Crippen LogP contribution >= 0.6 is 11.8 Å². The standard InChI is InChI=1S/C18H31N3O3S/c1-5-19-18(20-10-6-7-11-25-4)21-13-16(22)15-12-14(23-2)8-9-17(15)24-3/h8-9,12,16,22H,5-7,10-11,13H2,1-4H3,(H2,19,20,21). The Labute approximate surface area is 155 Å². The first-order valence-electron chi connectivity index (χ1n) is 8.57. The third-order valence-electron chi connectivity index (χ3n) is 3.63. The third-order valence-corrected chi connectivity index (χ3v) is 4.33. The number of nitrogens with one attached hydrogen (secondary N) is 2. The van der Waals surface area contributed by atoms with Gasteiger partial charge in [0.2, 0.25) is 0 Å². The molecule has 1 aromatic rings. The molecule has 0 aliphatic heterocycles. The molecular weight excluding hydrogens is 338 g/mol. The van der Waals surface area contributed by atoms with E-state index in [-0.39, 0.29) is 6.54 Å². The van der Waals surface area contributed by atoms with E-state index in [0.29, 0.717) is 23.0 Å². The number of methoxy groups -OCH3 is 2. The maximum atomic E-state index is 10.5. The van der Waals surface area contributed by atoms with Crippen molar-refractivity contribution in [3.63, 3.8) is 0 Å². The maximum absolute atomic E-state index is 10.5. The van der Waals surface area contributed by atoms with Crippen molar-refractivity contribution in [1.82, 2.24) is 10.6 Å². The van der Waals surface area contributed by atoms with Crippen molar-refractivity contribution in [1.29, 1.82) is 0 Å². The zero-order valence-corrected chi connectivity index (χ0v) is 16.5. The first kappa shape index (κ1) is 21.4. The summed E-state index contributed by atoms with van der Waals surface area (Å²) in [7, 11) is 3.18. The van der Waals surface area contributed by atoms with Crippen LogP contribution < -0.4 is 20.1 Å². The van der Waals surface area contributed by atoms with Crippen LogP contribution in [0.25, 0.3) is 0 Å². The number of thioether (sulfide) groups is 1. The molecule has 0 saturated carbocycles. The Bertz CT molecular complexity index is 526. The number of rotatable bonds is 11. The molecule has 0 radical (unpaired) electrons. The van der Waals surface area contributed by atoms with E-state index >= 15 is 0 Å². The van der Waals surface area contributed by atoms with E-state index in [2.05, 4.69) is 21.9 Å². The lowest BCUT2D eigenvalue weighted by Gasteiger charge is -2.16. The number of hydrogen-bond acceptors (Lipinski definition) is 5. The van der Waals surface area contributed by atoms with Crippen LogP contribution in [0.5, 0.6) is 11.5 Å². The molecule has 0 amide bonds. The van der Waals surface area contributed by atoms with Gasteiger partial charge in [0, 0.05) is 18.7 Å². The van der Waals surface area contributed by atoms with E-state index in [1.165, 1.54) is 12.2 Å². The van der Waals surface area contributed by atoms with Gasteiger partial charge in [-0.3, -0.25) is 4.99 Å². The van der Waals surface area contributed by atoms with Crippen LogP contribution in [0.4, 0.5) is 0 Å². The SMILES string of the molecule is CCNC(=NCC(O)c1cc(OC)ccc1OC)NCCCCSC. The number of unbranched alkanes of at least 4 members (excludes halogenated alkanes) is 1. The molecule has 0 aliphatic carbocycles. The number of aliphatic hydroxyl groups is 1. The molecule has 0 aliphatic rings. The summed E-state index contributed by atoms with van der Waals surface area (Å²) < 4.78 is 10.6. The summed E-state index contributed by atoms with van der Waals surface area (Å²) in [5.74, 6) is 3.19. The number of hydrogen-bond donors (Lipinski definition) is 3. The van der Waals surface area contributed by atoms with Gasteiger partial charge < -0.3 is 25.2 Å². The number of guanidine groups is 1. The molecule has 6 nitrogen and oxygen atoms in total. The highest BCUT2D eigenvalue weighted by atomic mass is 32.2. The fraction of sp³-hybridized carbons (Fsp3) is 0.611. The summed E-state index contributed by atoms with van der Waals surface area (Å²) >= 11 is 1.86. The molecule has 0 spiro atoms. The zero-order chi connectivity index (χ0) is 18.5. The Morgan fingerprint density at radius 2 is 2.04 bits per heavy atom. The fourth-order valence-electron chi connectivity index (χ4n) is 2.30. The average molecular weight is 370 g/mol. The Kier molecular flexibility index (Phi) is 10.9. The minimum absolute atomic E-state index is 0.240. The molecule has 0 bridgehead atoms. The highest BCUT2D eigenvalue weighted by molar-refractivity contribution is 7.98. The maximum Gasteiger partial charge on any atom is 0.191 e. The Balaban J connectivity index is 2.68. The van der Waals surface area contributed by atoms with E-state index in [1.807, 2.05) is 18.7 Å². The van der Waals surface area contributed by atoms with Gasteiger partial charge in [0.05, 0.1) is 20.8 Å². The van der Waals surface area contributed by atoms with Gasteiger partial charge in [-0.15, -0.1) is 0 Å². The lowest BCUT2D eigenvalue weighted by molar-refractivity contribution is 0.182. The van der Waals surface area contributed by atoms with Crippen molar-refractivity contribution < 1.29 is 14.6 Å². The topological polar surface area (TPSA) is 75.1 Å².